The first kappa shape index (κ1) is 29.0. The number of likely N-dealkylation sites (tertiary alicyclic amines) is 1. The molecule has 1 unspecified atom stereocenters. The fraction of sp³-hybridized carbons (Fsp3) is 0.273. The second-order valence-corrected chi connectivity index (χ2v) is 11.4. The average Bonchev–Trinajstić information content (AvgIpc) is 3.43. The SMILES string of the molecule is O=C(NC1CCN(Cc2ccccc2)C1)c1ccc(-c2cnc3c(c2)N(Cc2cc(Cl)ccc2C(F)(F)F)CCN3)cc1. The first-order valence-corrected chi connectivity index (χ1v) is 14.6. The Labute approximate surface area is 253 Å². The van der Waals surface area contributed by atoms with Crippen molar-refractivity contribution in [1.29, 1.82) is 0 Å². The van der Waals surface area contributed by atoms with E-state index in [2.05, 4.69) is 32.7 Å². The molecule has 0 saturated carbocycles. The van der Waals surface area contributed by atoms with Crippen LogP contribution in [0.1, 0.15) is 33.5 Å². The Morgan fingerprint density at radius 2 is 1.77 bits per heavy atom. The molecule has 1 fully saturated rings. The highest BCUT2D eigenvalue weighted by molar-refractivity contribution is 6.30. The number of halogens is 4. The Morgan fingerprint density at radius 3 is 2.53 bits per heavy atom. The molecule has 6 nitrogen and oxygen atoms in total. The topological polar surface area (TPSA) is 60.5 Å². The Balaban J connectivity index is 1.13. The number of fused-ring (bicyclic) bond motifs is 1. The molecule has 0 aliphatic carbocycles. The van der Waals surface area contributed by atoms with Gasteiger partial charge in [-0.05, 0) is 59.5 Å². The van der Waals surface area contributed by atoms with Gasteiger partial charge in [0.2, 0.25) is 0 Å². The predicted octanol–water partition coefficient (Wildman–Crippen LogP) is 6.86. The van der Waals surface area contributed by atoms with Crippen LogP contribution < -0.4 is 15.5 Å². The van der Waals surface area contributed by atoms with Gasteiger partial charge in [-0.2, -0.15) is 13.2 Å². The van der Waals surface area contributed by atoms with Crippen LogP contribution in [0.5, 0.6) is 0 Å². The van der Waals surface area contributed by atoms with E-state index in [0.29, 0.717) is 30.2 Å². The summed E-state index contributed by atoms with van der Waals surface area (Å²) in [6, 6.07) is 23.3. The van der Waals surface area contributed by atoms with Crippen LogP contribution >= 0.6 is 11.6 Å². The summed E-state index contributed by atoms with van der Waals surface area (Å²) in [6.07, 6.45) is -1.85. The quantitative estimate of drug-likeness (QED) is 0.241. The zero-order chi connectivity index (χ0) is 30.0. The molecule has 43 heavy (non-hydrogen) atoms. The lowest BCUT2D eigenvalue weighted by Gasteiger charge is -2.32. The van der Waals surface area contributed by atoms with Crippen molar-refractivity contribution in [3.63, 3.8) is 0 Å². The van der Waals surface area contributed by atoms with E-state index in [0.717, 1.165) is 43.2 Å². The van der Waals surface area contributed by atoms with Crippen LogP contribution in [0.15, 0.2) is 85.1 Å². The van der Waals surface area contributed by atoms with Gasteiger partial charge in [0.15, 0.2) is 0 Å². The minimum atomic E-state index is -4.48. The fourth-order valence-corrected chi connectivity index (χ4v) is 5.97. The molecule has 4 aromatic rings. The molecule has 0 radical (unpaired) electrons. The Hall–Kier alpha value is -4.08. The second kappa shape index (κ2) is 12.3. The monoisotopic (exact) mass is 605 g/mol. The average molecular weight is 606 g/mol. The Morgan fingerprint density at radius 1 is 0.977 bits per heavy atom. The Kier molecular flexibility index (Phi) is 8.27. The van der Waals surface area contributed by atoms with Gasteiger partial charge in [0.1, 0.15) is 5.82 Å². The number of nitrogens with one attached hydrogen (secondary N) is 2. The van der Waals surface area contributed by atoms with Gasteiger partial charge in [0.05, 0.1) is 11.3 Å². The number of benzene rings is 3. The van der Waals surface area contributed by atoms with Crippen LogP contribution in [0.3, 0.4) is 0 Å². The van der Waals surface area contributed by atoms with Crippen molar-refractivity contribution < 1.29 is 18.0 Å². The molecule has 1 aromatic heterocycles. The van der Waals surface area contributed by atoms with Gasteiger partial charge in [-0.1, -0.05) is 54.1 Å². The molecular formula is C33H31ClF3N5O. The number of hydrogen-bond acceptors (Lipinski definition) is 5. The molecule has 2 aliphatic rings. The molecule has 222 valence electrons. The van der Waals surface area contributed by atoms with E-state index in [1.807, 2.05) is 41.3 Å². The lowest BCUT2D eigenvalue weighted by Crippen LogP contribution is -2.36. The van der Waals surface area contributed by atoms with E-state index in [4.69, 9.17) is 11.6 Å². The summed E-state index contributed by atoms with van der Waals surface area (Å²) in [5, 5.41) is 6.65. The number of hydrogen-bond donors (Lipinski definition) is 2. The molecule has 0 bridgehead atoms. The number of carbonyl (C=O) groups excluding carboxylic acids is 1. The van der Waals surface area contributed by atoms with E-state index in [1.165, 1.54) is 17.7 Å². The molecule has 3 aromatic carbocycles. The van der Waals surface area contributed by atoms with Crippen molar-refractivity contribution in [3.8, 4) is 11.1 Å². The summed E-state index contributed by atoms with van der Waals surface area (Å²) in [7, 11) is 0. The highest BCUT2D eigenvalue weighted by Gasteiger charge is 2.34. The third-order valence-electron chi connectivity index (χ3n) is 7.95. The molecule has 1 atom stereocenters. The van der Waals surface area contributed by atoms with E-state index < -0.39 is 11.7 Å². The maximum Gasteiger partial charge on any atom is 0.416 e. The summed E-state index contributed by atoms with van der Waals surface area (Å²) in [5.74, 6) is 0.499. The Bertz CT molecular complexity index is 1600. The summed E-state index contributed by atoms with van der Waals surface area (Å²) in [4.78, 5) is 21.8. The van der Waals surface area contributed by atoms with Crippen molar-refractivity contribution in [1.82, 2.24) is 15.2 Å². The minimum Gasteiger partial charge on any atom is -0.367 e. The molecule has 2 N–H and O–H groups in total. The lowest BCUT2D eigenvalue weighted by atomic mass is 10.0. The smallest absolute Gasteiger partial charge is 0.367 e. The maximum absolute atomic E-state index is 13.7. The van der Waals surface area contributed by atoms with Gasteiger partial charge in [0, 0.05) is 67.7 Å². The van der Waals surface area contributed by atoms with Crippen LogP contribution in [0.25, 0.3) is 11.1 Å². The van der Waals surface area contributed by atoms with Crippen LogP contribution in [0.4, 0.5) is 24.7 Å². The maximum atomic E-state index is 13.7. The number of carbonyl (C=O) groups is 1. The van der Waals surface area contributed by atoms with Crippen LogP contribution in [0.2, 0.25) is 5.02 Å². The molecule has 6 rings (SSSR count). The minimum absolute atomic E-state index is 0.0400. The molecule has 0 spiro atoms. The molecule has 2 aliphatic heterocycles. The van der Waals surface area contributed by atoms with Crippen molar-refractivity contribution >= 4 is 29.0 Å². The number of rotatable bonds is 7. The van der Waals surface area contributed by atoms with Gasteiger partial charge in [-0.15, -0.1) is 0 Å². The standard InChI is InChI=1S/C33H31ClF3N5O/c34-27-10-11-29(33(35,36)37)26(16-27)20-42-15-13-38-31-30(42)17-25(18-39-31)23-6-8-24(9-7-23)32(43)40-28-12-14-41(21-28)19-22-4-2-1-3-5-22/h1-11,16-18,28H,12-15,19-21H2,(H,38,39)(H,40,43). The summed E-state index contributed by atoms with van der Waals surface area (Å²) >= 11 is 6.07. The number of aromatic nitrogens is 1. The van der Waals surface area contributed by atoms with Crippen molar-refractivity contribution in [3.05, 3.63) is 112 Å². The zero-order valence-electron chi connectivity index (χ0n) is 23.4. The summed E-state index contributed by atoms with van der Waals surface area (Å²) in [6.45, 7) is 3.71. The van der Waals surface area contributed by atoms with Crippen LogP contribution in [-0.4, -0.2) is 48.0 Å². The van der Waals surface area contributed by atoms with Crippen molar-refractivity contribution in [2.75, 3.05) is 36.4 Å². The molecule has 1 amide bonds. The lowest BCUT2D eigenvalue weighted by molar-refractivity contribution is -0.138. The number of amides is 1. The van der Waals surface area contributed by atoms with Gasteiger partial charge >= 0.3 is 6.18 Å². The van der Waals surface area contributed by atoms with Gasteiger partial charge in [-0.25, -0.2) is 4.98 Å². The third kappa shape index (κ3) is 6.78. The predicted molar refractivity (Wildman–Crippen MR) is 163 cm³/mol. The number of nitrogens with zero attached hydrogens (tertiary/aromatic N) is 3. The van der Waals surface area contributed by atoms with E-state index in [1.54, 1.807) is 18.3 Å². The highest BCUT2D eigenvalue weighted by Crippen LogP contribution is 2.37. The molecular weight excluding hydrogens is 575 g/mol. The largest absolute Gasteiger partial charge is 0.416 e. The van der Waals surface area contributed by atoms with Gasteiger partial charge < -0.3 is 15.5 Å². The zero-order valence-corrected chi connectivity index (χ0v) is 24.1. The molecule has 3 heterocycles. The number of pyridine rings is 1. The number of anilines is 2. The first-order chi connectivity index (χ1) is 20.7. The second-order valence-electron chi connectivity index (χ2n) is 11.0. The van der Waals surface area contributed by atoms with Crippen molar-refractivity contribution in [2.24, 2.45) is 0 Å². The summed E-state index contributed by atoms with van der Waals surface area (Å²) < 4.78 is 41.1. The molecule has 1 saturated heterocycles. The third-order valence-corrected chi connectivity index (χ3v) is 8.19. The van der Waals surface area contributed by atoms with Crippen LogP contribution in [-0.2, 0) is 19.3 Å². The van der Waals surface area contributed by atoms with Crippen molar-refractivity contribution in [2.45, 2.75) is 31.7 Å². The normalized spacial score (nSPS) is 16.9. The number of alkyl halides is 3. The van der Waals surface area contributed by atoms with E-state index in [9.17, 15) is 18.0 Å². The first-order valence-electron chi connectivity index (χ1n) is 14.2. The summed E-state index contributed by atoms with van der Waals surface area (Å²) in [5.41, 5.74) is 3.60. The van der Waals surface area contributed by atoms with Gasteiger partial charge in [-0.3, -0.25) is 9.69 Å². The molecule has 10 heteroatoms. The highest BCUT2D eigenvalue weighted by atomic mass is 35.5. The van der Waals surface area contributed by atoms with E-state index >= 15 is 0 Å². The van der Waals surface area contributed by atoms with Crippen LogP contribution in [0, 0.1) is 0 Å². The van der Waals surface area contributed by atoms with Gasteiger partial charge in [0.25, 0.3) is 5.91 Å². The van der Waals surface area contributed by atoms with E-state index in [-0.39, 0.29) is 29.1 Å². The fourth-order valence-electron chi connectivity index (χ4n) is 5.78.